The maximum absolute atomic E-state index is 5.42. The van der Waals surface area contributed by atoms with Crippen LogP contribution in [-0.2, 0) is 0 Å². The monoisotopic (exact) mass is 253 g/mol. The van der Waals surface area contributed by atoms with Gasteiger partial charge < -0.3 is 10.1 Å². The summed E-state index contributed by atoms with van der Waals surface area (Å²) in [6, 6.07) is 4.25. The number of ether oxygens (including phenoxy) is 1. The van der Waals surface area contributed by atoms with Gasteiger partial charge in [-0.25, -0.2) is 0 Å². The van der Waals surface area contributed by atoms with Crippen LogP contribution in [0.4, 0.5) is 5.69 Å². The van der Waals surface area contributed by atoms with Crippen LogP contribution in [0.25, 0.3) is 0 Å². The molecule has 0 aromatic heterocycles. The second kappa shape index (κ2) is 7.49. The van der Waals surface area contributed by atoms with Crippen LogP contribution in [0, 0.1) is 13.8 Å². The lowest BCUT2D eigenvalue weighted by Gasteiger charge is -2.14. The van der Waals surface area contributed by atoms with Gasteiger partial charge >= 0.3 is 0 Å². The minimum absolute atomic E-state index is 0.999. The van der Waals surface area contributed by atoms with Gasteiger partial charge in [0, 0.05) is 17.8 Å². The lowest BCUT2D eigenvalue weighted by atomic mass is 10.1. The molecule has 0 saturated heterocycles. The van der Waals surface area contributed by atoms with Gasteiger partial charge in [0.1, 0.15) is 5.75 Å². The zero-order valence-corrected chi connectivity index (χ0v) is 12.1. The van der Waals surface area contributed by atoms with E-state index in [0.717, 1.165) is 12.3 Å². The third-order valence-electron chi connectivity index (χ3n) is 2.90. The summed E-state index contributed by atoms with van der Waals surface area (Å²) in [5.74, 6) is 2.25. The van der Waals surface area contributed by atoms with Crippen molar-refractivity contribution in [2.75, 3.05) is 31.0 Å². The number of rotatable bonds is 7. The minimum Gasteiger partial charge on any atom is -0.496 e. The smallest absolute Gasteiger partial charge is 0.126 e. The number of anilines is 1. The number of aryl methyl sites for hydroxylation is 1. The highest BCUT2D eigenvalue weighted by Crippen LogP contribution is 2.29. The molecule has 1 aromatic rings. The molecule has 0 heterocycles. The third-order valence-corrected chi connectivity index (χ3v) is 3.59. The van der Waals surface area contributed by atoms with E-state index in [-0.39, 0.29) is 0 Å². The highest BCUT2D eigenvalue weighted by molar-refractivity contribution is 7.98. The molecule has 1 aromatic carbocycles. The molecule has 0 unspecified atom stereocenters. The summed E-state index contributed by atoms with van der Waals surface area (Å²) in [4.78, 5) is 0. The Labute approximate surface area is 109 Å². The molecule has 2 nitrogen and oxygen atoms in total. The molecule has 1 N–H and O–H groups in total. The van der Waals surface area contributed by atoms with E-state index in [2.05, 4.69) is 37.6 Å². The predicted octanol–water partition coefficient (Wildman–Crippen LogP) is 3.87. The predicted molar refractivity (Wildman–Crippen MR) is 78.6 cm³/mol. The molecule has 0 aliphatic heterocycles. The lowest BCUT2D eigenvalue weighted by molar-refractivity contribution is 0.409. The van der Waals surface area contributed by atoms with E-state index >= 15 is 0 Å². The molecule has 1 rings (SSSR count). The molecule has 0 radical (unpaired) electrons. The largest absolute Gasteiger partial charge is 0.496 e. The van der Waals surface area contributed by atoms with Gasteiger partial charge in [-0.05, 0) is 50.3 Å². The van der Waals surface area contributed by atoms with E-state index in [1.54, 1.807) is 7.11 Å². The van der Waals surface area contributed by atoms with Crippen molar-refractivity contribution in [3.05, 3.63) is 23.3 Å². The Morgan fingerprint density at radius 3 is 2.65 bits per heavy atom. The van der Waals surface area contributed by atoms with Gasteiger partial charge in [-0.15, -0.1) is 0 Å². The molecule has 0 amide bonds. The van der Waals surface area contributed by atoms with Crippen LogP contribution in [0.15, 0.2) is 12.1 Å². The third kappa shape index (κ3) is 4.15. The normalized spacial score (nSPS) is 10.4. The zero-order valence-electron chi connectivity index (χ0n) is 11.3. The molecule has 0 atom stereocenters. The quantitative estimate of drug-likeness (QED) is 0.745. The average molecular weight is 253 g/mol. The first kappa shape index (κ1) is 14.2. The zero-order chi connectivity index (χ0) is 12.7. The summed E-state index contributed by atoms with van der Waals surface area (Å²) in [7, 11) is 1.73. The first-order valence-electron chi connectivity index (χ1n) is 6.07. The molecule has 0 aliphatic carbocycles. The van der Waals surface area contributed by atoms with Crippen molar-refractivity contribution in [1.82, 2.24) is 0 Å². The fourth-order valence-corrected chi connectivity index (χ4v) is 2.42. The summed E-state index contributed by atoms with van der Waals surface area (Å²) in [6.45, 7) is 5.22. The van der Waals surface area contributed by atoms with E-state index in [9.17, 15) is 0 Å². The summed E-state index contributed by atoms with van der Waals surface area (Å²) in [6.07, 6.45) is 4.65. The summed E-state index contributed by atoms with van der Waals surface area (Å²) in [5.41, 5.74) is 3.59. The van der Waals surface area contributed by atoms with E-state index in [1.807, 2.05) is 11.8 Å². The molecule has 0 bridgehead atoms. The molecule has 0 aliphatic rings. The van der Waals surface area contributed by atoms with E-state index in [0.29, 0.717) is 0 Å². The number of thioether (sulfide) groups is 1. The number of unbranched alkanes of at least 4 members (excludes halogenated alkanes) is 1. The second-order valence-electron chi connectivity index (χ2n) is 4.21. The van der Waals surface area contributed by atoms with Crippen LogP contribution in [0.1, 0.15) is 24.0 Å². The van der Waals surface area contributed by atoms with Crippen LogP contribution in [-0.4, -0.2) is 25.7 Å². The Kier molecular flexibility index (Phi) is 6.27. The van der Waals surface area contributed by atoms with E-state index < -0.39 is 0 Å². The second-order valence-corrected chi connectivity index (χ2v) is 5.20. The maximum Gasteiger partial charge on any atom is 0.126 e. The van der Waals surface area contributed by atoms with Gasteiger partial charge in [0.25, 0.3) is 0 Å². The molecule has 96 valence electrons. The van der Waals surface area contributed by atoms with Gasteiger partial charge in [0.05, 0.1) is 7.11 Å². The summed E-state index contributed by atoms with van der Waals surface area (Å²) in [5, 5.41) is 3.48. The van der Waals surface area contributed by atoms with Crippen LogP contribution in [0.3, 0.4) is 0 Å². The Morgan fingerprint density at radius 1 is 1.24 bits per heavy atom. The first-order chi connectivity index (χ1) is 8.20. The molecule has 3 heteroatoms. The minimum atomic E-state index is 0.999. The van der Waals surface area contributed by atoms with Gasteiger partial charge in [-0.1, -0.05) is 6.07 Å². The van der Waals surface area contributed by atoms with Crippen LogP contribution in [0.5, 0.6) is 5.75 Å². The number of hydrogen-bond donors (Lipinski definition) is 1. The lowest BCUT2D eigenvalue weighted by Crippen LogP contribution is -2.04. The number of nitrogens with one attached hydrogen (secondary N) is 1. The number of methoxy groups -OCH3 is 1. The van der Waals surface area contributed by atoms with Gasteiger partial charge in [0.15, 0.2) is 0 Å². The van der Waals surface area contributed by atoms with Crippen LogP contribution < -0.4 is 10.1 Å². The van der Waals surface area contributed by atoms with Crippen molar-refractivity contribution in [3.8, 4) is 5.75 Å². The fourth-order valence-electron chi connectivity index (χ4n) is 1.93. The molecule has 0 fully saturated rings. The fraction of sp³-hybridized carbons (Fsp3) is 0.571. The van der Waals surface area contributed by atoms with Crippen molar-refractivity contribution in [2.24, 2.45) is 0 Å². The van der Waals surface area contributed by atoms with Crippen molar-refractivity contribution in [1.29, 1.82) is 0 Å². The molecule has 17 heavy (non-hydrogen) atoms. The molecule has 0 spiro atoms. The molecular weight excluding hydrogens is 230 g/mol. The van der Waals surface area contributed by atoms with Crippen molar-refractivity contribution in [3.63, 3.8) is 0 Å². The van der Waals surface area contributed by atoms with E-state index in [1.165, 1.54) is 35.4 Å². The molecule has 0 saturated carbocycles. The van der Waals surface area contributed by atoms with Crippen LogP contribution in [0.2, 0.25) is 0 Å². The Balaban J connectivity index is 2.54. The van der Waals surface area contributed by atoms with Gasteiger partial charge in [-0.2, -0.15) is 11.8 Å². The van der Waals surface area contributed by atoms with E-state index in [4.69, 9.17) is 4.74 Å². The summed E-state index contributed by atoms with van der Waals surface area (Å²) >= 11 is 1.91. The standard InChI is InChI=1S/C14H23NOS/c1-11-7-8-13(12(2)14(11)16-3)15-9-5-6-10-17-4/h7-8,15H,5-6,9-10H2,1-4H3. The SMILES string of the molecule is COc1c(C)ccc(NCCCCSC)c1C. The highest BCUT2D eigenvalue weighted by Gasteiger charge is 2.06. The first-order valence-corrected chi connectivity index (χ1v) is 7.47. The van der Waals surface area contributed by atoms with Crippen molar-refractivity contribution < 1.29 is 4.74 Å². The van der Waals surface area contributed by atoms with Crippen LogP contribution >= 0.6 is 11.8 Å². The average Bonchev–Trinajstić information content (AvgIpc) is 2.32. The maximum atomic E-state index is 5.42. The number of hydrogen-bond acceptors (Lipinski definition) is 3. The number of benzene rings is 1. The Morgan fingerprint density at radius 2 is 2.00 bits per heavy atom. The van der Waals surface area contributed by atoms with Crippen molar-refractivity contribution >= 4 is 17.4 Å². The van der Waals surface area contributed by atoms with Crippen molar-refractivity contribution in [2.45, 2.75) is 26.7 Å². The molecular formula is C14H23NOS. The summed E-state index contributed by atoms with van der Waals surface area (Å²) < 4.78 is 5.42. The highest BCUT2D eigenvalue weighted by atomic mass is 32.2. The van der Waals surface area contributed by atoms with Gasteiger partial charge in [0.2, 0.25) is 0 Å². The topological polar surface area (TPSA) is 21.3 Å². The Hall–Kier alpha value is -0.830. The van der Waals surface area contributed by atoms with Gasteiger partial charge in [-0.3, -0.25) is 0 Å². The Bertz CT molecular complexity index is 352.